The molecule has 1 saturated carbocycles. The van der Waals surface area contributed by atoms with Crippen LogP contribution in [0.3, 0.4) is 0 Å². The minimum atomic E-state index is -0.553. The average Bonchev–Trinajstić information content (AvgIpc) is 3.14. The molecule has 0 aromatic heterocycles. The zero-order valence-corrected chi connectivity index (χ0v) is 13.2. The number of hydrogen-bond acceptors (Lipinski definition) is 5. The van der Waals surface area contributed by atoms with Gasteiger partial charge in [0.05, 0.1) is 26.4 Å². The Morgan fingerprint density at radius 3 is 2.39 bits per heavy atom. The lowest BCUT2D eigenvalue weighted by Gasteiger charge is -2.33. The molecule has 4 rings (SSSR count). The molecule has 23 heavy (non-hydrogen) atoms. The van der Waals surface area contributed by atoms with Crippen LogP contribution in [0.5, 0.6) is 0 Å². The molecule has 1 N–H and O–H groups in total. The van der Waals surface area contributed by atoms with Gasteiger partial charge in [-0.15, -0.1) is 0 Å². The number of carbonyl (C=O) groups excluding carboxylic acids is 1. The van der Waals surface area contributed by atoms with E-state index in [2.05, 4.69) is 0 Å². The number of aliphatic hydroxyl groups excluding tert-OH is 1. The molecule has 0 spiro atoms. The summed E-state index contributed by atoms with van der Waals surface area (Å²) < 4.78 is 16.8. The van der Waals surface area contributed by atoms with Gasteiger partial charge in [0.15, 0.2) is 5.79 Å². The van der Waals surface area contributed by atoms with Crippen molar-refractivity contribution in [1.82, 2.24) is 0 Å². The third-order valence-corrected chi connectivity index (χ3v) is 5.27. The van der Waals surface area contributed by atoms with Crippen LogP contribution in [0.25, 0.3) is 0 Å². The first-order valence-corrected chi connectivity index (χ1v) is 8.05. The molecule has 1 amide bonds. The molecule has 124 valence electrons. The second kappa shape index (κ2) is 5.19. The number of hydrogen-bond donors (Lipinski definition) is 1. The first-order chi connectivity index (χ1) is 11.1. The van der Waals surface area contributed by atoms with Gasteiger partial charge in [-0.05, 0) is 37.5 Å². The highest BCUT2D eigenvalue weighted by molar-refractivity contribution is 5.89. The molecule has 3 fully saturated rings. The summed E-state index contributed by atoms with van der Waals surface area (Å²) >= 11 is 0. The van der Waals surface area contributed by atoms with Crippen LogP contribution in [0.4, 0.5) is 10.5 Å². The SMILES string of the molecule is CC1(C2(c3ccc(N4C[C@H](CO)OC4=O)cc3)CC2)OCCO1. The normalized spacial score (nSPS) is 28.0. The van der Waals surface area contributed by atoms with Crippen molar-refractivity contribution >= 4 is 11.8 Å². The van der Waals surface area contributed by atoms with Gasteiger partial charge >= 0.3 is 6.09 Å². The van der Waals surface area contributed by atoms with Gasteiger partial charge in [0.2, 0.25) is 0 Å². The number of aliphatic hydroxyl groups is 1. The Bertz CT molecular complexity index is 604. The van der Waals surface area contributed by atoms with Crippen molar-refractivity contribution in [3.05, 3.63) is 29.8 Å². The van der Waals surface area contributed by atoms with Gasteiger partial charge in [-0.1, -0.05) is 12.1 Å². The largest absolute Gasteiger partial charge is 0.441 e. The van der Waals surface area contributed by atoms with Crippen LogP contribution in [0.1, 0.15) is 25.3 Å². The smallest absolute Gasteiger partial charge is 0.414 e. The number of amides is 1. The Morgan fingerprint density at radius 2 is 1.87 bits per heavy atom. The van der Waals surface area contributed by atoms with E-state index in [1.54, 1.807) is 4.90 Å². The molecule has 2 aliphatic heterocycles. The van der Waals surface area contributed by atoms with Crippen LogP contribution in [0.2, 0.25) is 0 Å². The zero-order valence-electron chi connectivity index (χ0n) is 13.2. The summed E-state index contributed by atoms with van der Waals surface area (Å²) in [6.07, 6.45) is 1.23. The fraction of sp³-hybridized carbons (Fsp3) is 0.588. The van der Waals surface area contributed by atoms with E-state index in [0.717, 1.165) is 18.5 Å². The number of anilines is 1. The maximum absolute atomic E-state index is 11.9. The van der Waals surface area contributed by atoms with Gasteiger partial charge in [-0.3, -0.25) is 4.90 Å². The summed E-state index contributed by atoms with van der Waals surface area (Å²) in [5.74, 6) is -0.553. The fourth-order valence-corrected chi connectivity index (χ4v) is 3.71. The molecule has 6 heteroatoms. The van der Waals surface area contributed by atoms with E-state index in [0.29, 0.717) is 19.8 Å². The van der Waals surface area contributed by atoms with Crippen molar-refractivity contribution in [2.45, 2.75) is 37.1 Å². The second-order valence-corrected chi connectivity index (χ2v) is 6.57. The molecule has 0 radical (unpaired) electrons. The number of carbonyl (C=O) groups is 1. The number of benzene rings is 1. The van der Waals surface area contributed by atoms with Gasteiger partial charge in [-0.25, -0.2) is 4.79 Å². The first kappa shape index (κ1) is 14.9. The summed E-state index contributed by atoms with van der Waals surface area (Å²) in [5.41, 5.74) is 1.88. The van der Waals surface area contributed by atoms with Crippen molar-refractivity contribution in [3.63, 3.8) is 0 Å². The van der Waals surface area contributed by atoms with Gasteiger partial charge in [0.25, 0.3) is 0 Å². The predicted molar refractivity (Wildman–Crippen MR) is 82.4 cm³/mol. The molecule has 0 bridgehead atoms. The number of ether oxygens (including phenoxy) is 3. The van der Waals surface area contributed by atoms with Crippen LogP contribution in [-0.2, 0) is 19.6 Å². The molecular weight excluding hydrogens is 298 g/mol. The van der Waals surface area contributed by atoms with Crippen LogP contribution in [0, 0.1) is 0 Å². The molecule has 3 aliphatic rings. The Morgan fingerprint density at radius 1 is 1.22 bits per heavy atom. The standard InChI is InChI=1S/C17H21NO5/c1-16(21-8-9-22-16)17(6-7-17)12-2-4-13(5-3-12)18-10-14(11-19)23-15(18)20/h2-5,14,19H,6-11H2,1H3/t14-/m1/s1. The first-order valence-electron chi connectivity index (χ1n) is 8.05. The van der Waals surface area contributed by atoms with Crippen molar-refractivity contribution < 1.29 is 24.1 Å². The Balaban J connectivity index is 1.56. The lowest BCUT2D eigenvalue weighted by Crippen LogP contribution is -2.40. The van der Waals surface area contributed by atoms with Crippen molar-refractivity contribution in [3.8, 4) is 0 Å². The van der Waals surface area contributed by atoms with Gasteiger partial charge in [-0.2, -0.15) is 0 Å². The van der Waals surface area contributed by atoms with E-state index >= 15 is 0 Å². The highest BCUT2D eigenvalue weighted by Gasteiger charge is 2.61. The Kier molecular flexibility index (Phi) is 3.37. The molecule has 1 aliphatic carbocycles. The predicted octanol–water partition coefficient (Wildman–Crippen LogP) is 1.80. The molecule has 2 heterocycles. The molecule has 2 saturated heterocycles. The lowest BCUT2D eigenvalue weighted by molar-refractivity contribution is -0.169. The summed E-state index contributed by atoms with van der Waals surface area (Å²) in [5, 5.41) is 9.13. The highest BCUT2D eigenvalue weighted by Crippen LogP contribution is 2.58. The molecule has 6 nitrogen and oxygen atoms in total. The number of cyclic esters (lactones) is 1. The van der Waals surface area contributed by atoms with E-state index < -0.39 is 18.0 Å². The van der Waals surface area contributed by atoms with Crippen LogP contribution in [0.15, 0.2) is 24.3 Å². The Hall–Kier alpha value is -1.63. The van der Waals surface area contributed by atoms with Crippen molar-refractivity contribution in [2.24, 2.45) is 0 Å². The summed E-state index contributed by atoms with van der Waals surface area (Å²) in [7, 11) is 0. The molecular formula is C17H21NO5. The molecule has 1 atom stereocenters. The number of nitrogens with zero attached hydrogens (tertiary/aromatic N) is 1. The minimum Gasteiger partial charge on any atom is -0.441 e. The van der Waals surface area contributed by atoms with E-state index in [1.807, 2.05) is 31.2 Å². The van der Waals surface area contributed by atoms with E-state index in [9.17, 15) is 4.79 Å². The van der Waals surface area contributed by atoms with Crippen molar-refractivity contribution in [1.29, 1.82) is 0 Å². The average molecular weight is 319 g/mol. The minimum absolute atomic E-state index is 0.0822. The molecule has 0 unspecified atom stereocenters. The van der Waals surface area contributed by atoms with Crippen LogP contribution >= 0.6 is 0 Å². The van der Waals surface area contributed by atoms with Crippen molar-refractivity contribution in [2.75, 3.05) is 31.3 Å². The lowest BCUT2D eigenvalue weighted by atomic mass is 9.87. The maximum atomic E-state index is 11.9. The second-order valence-electron chi connectivity index (χ2n) is 6.57. The van der Waals surface area contributed by atoms with Gasteiger partial charge in [0, 0.05) is 11.1 Å². The third-order valence-electron chi connectivity index (χ3n) is 5.27. The van der Waals surface area contributed by atoms with Crippen LogP contribution < -0.4 is 4.90 Å². The quantitative estimate of drug-likeness (QED) is 0.916. The number of rotatable bonds is 4. The molecule has 1 aromatic carbocycles. The van der Waals surface area contributed by atoms with E-state index in [-0.39, 0.29) is 12.0 Å². The zero-order chi connectivity index (χ0) is 16.1. The summed E-state index contributed by atoms with van der Waals surface area (Å²) in [4.78, 5) is 13.4. The maximum Gasteiger partial charge on any atom is 0.414 e. The Labute approximate surface area is 134 Å². The molecule has 1 aromatic rings. The van der Waals surface area contributed by atoms with Gasteiger partial charge < -0.3 is 19.3 Å². The van der Waals surface area contributed by atoms with E-state index in [4.69, 9.17) is 19.3 Å². The van der Waals surface area contributed by atoms with E-state index in [1.165, 1.54) is 5.56 Å². The van der Waals surface area contributed by atoms with Crippen LogP contribution in [-0.4, -0.2) is 49.5 Å². The summed E-state index contributed by atoms with van der Waals surface area (Å²) in [6.45, 7) is 3.52. The topological polar surface area (TPSA) is 68.2 Å². The fourth-order valence-electron chi connectivity index (χ4n) is 3.71. The van der Waals surface area contributed by atoms with Gasteiger partial charge in [0.1, 0.15) is 6.10 Å². The highest BCUT2D eigenvalue weighted by atomic mass is 16.7. The monoisotopic (exact) mass is 319 g/mol. The summed E-state index contributed by atoms with van der Waals surface area (Å²) in [6, 6.07) is 7.93. The third kappa shape index (κ3) is 2.24.